The van der Waals surface area contributed by atoms with Crippen molar-refractivity contribution in [3.8, 4) is 11.5 Å². The fraction of sp³-hybridized carbons (Fsp3) is 0.417. The van der Waals surface area contributed by atoms with Crippen LogP contribution in [0.3, 0.4) is 0 Å². The highest BCUT2D eigenvalue weighted by Crippen LogP contribution is 2.30. The highest BCUT2D eigenvalue weighted by molar-refractivity contribution is 5.94. The number of hydrogen-bond donors (Lipinski definition) is 2. The number of H-pyrrole nitrogens is 1. The van der Waals surface area contributed by atoms with E-state index in [0.29, 0.717) is 36.9 Å². The minimum Gasteiger partial charge on any atom is -0.494 e. The van der Waals surface area contributed by atoms with E-state index in [1.807, 2.05) is 54.8 Å². The molecule has 4 rings (SSSR count). The molecule has 2 N–H and O–H groups in total. The van der Waals surface area contributed by atoms with Gasteiger partial charge in [-0.15, -0.1) is 0 Å². The molecule has 0 unspecified atom stereocenters. The molecule has 1 aliphatic heterocycles. The van der Waals surface area contributed by atoms with Crippen molar-refractivity contribution in [2.45, 2.75) is 32.7 Å². The Balaban J connectivity index is 1.37. The molecule has 0 aliphatic carbocycles. The van der Waals surface area contributed by atoms with Crippen molar-refractivity contribution >= 4 is 22.6 Å². The van der Waals surface area contributed by atoms with Crippen molar-refractivity contribution in [3.05, 3.63) is 52.9 Å². The van der Waals surface area contributed by atoms with Crippen LogP contribution in [0.2, 0.25) is 0 Å². The molecule has 1 aromatic heterocycles. The smallest absolute Gasteiger partial charge is 0.326 e. The first-order valence-corrected chi connectivity index (χ1v) is 11.2. The maximum absolute atomic E-state index is 12.7. The molecule has 0 spiro atoms. The number of aromatic nitrogens is 2. The van der Waals surface area contributed by atoms with Gasteiger partial charge in [0.2, 0.25) is 5.91 Å². The number of amides is 1. The molecule has 1 amide bonds. The standard InChI is InChI=1S/C24H30N4O4/c1-3-31-18-9-10-22(32-4-2)20(15-18)25-23(29)16-27-13-11-17(12-14-27)28-21-8-6-5-7-19(21)26-24(28)30/h5-10,15,17H,3-4,11-14,16H2,1-2H3,(H,25,29)(H,26,30). The molecular weight excluding hydrogens is 408 g/mol. The van der Waals surface area contributed by atoms with Crippen LogP contribution in [0.4, 0.5) is 5.69 Å². The van der Waals surface area contributed by atoms with Gasteiger partial charge < -0.3 is 19.8 Å². The lowest BCUT2D eigenvalue weighted by Gasteiger charge is -2.32. The van der Waals surface area contributed by atoms with Gasteiger partial charge in [0.15, 0.2) is 0 Å². The van der Waals surface area contributed by atoms with Crippen LogP contribution in [0, 0.1) is 0 Å². The first-order chi connectivity index (χ1) is 15.6. The number of aromatic amines is 1. The molecule has 170 valence electrons. The Bertz CT molecular complexity index is 1130. The zero-order chi connectivity index (χ0) is 22.5. The van der Waals surface area contributed by atoms with Crippen LogP contribution in [-0.4, -0.2) is 53.2 Å². The predicted molar refractivity (Wildman–Crippen MR) is 125 cm³/mol. The number of likely N-dealkylation sites (tertiary alicyclic amines) is 1. The summed E-state index contributed by atoms with van der Waals surface area (Å²) in [6, 6.07) is 13.3. The number of benzene rings is 2. The number of fused-ring (bicyclic) bond motifs is 1. The van der Waals surface area contributed by atoms with E-state index < -0.39 is 0 Å². The zero-order valence-electron chi connectivity index (χ0n) is 18.6. The van der Waals surface area contributed by atoms with E-state index in [-0.39, 0.29) is 17.6 Å². The first-order valence-electron chi connectivity index (χ1n) is 11.2. The summed E-state index contributed by atoms with van der Waals surface area (Å²) in [5, 5.41) is 2.97. The Kier molecular flexibility index (Phi) is 6.80. The summed E-state index contributed by atoms with van der Waals surface area (Å²) >= 11 is 0. The third-order valence-electron chi connectivity index (χ3n) is 5.75. The minimum atomic E-state index is -0.0951. The number of nitrogens with one attached hydrogen (secondary N) is 2. The second-order valence-electron chi connectivity index (χ2n) is 7.90. The van der Waals surface area contributed by atoms with Gasteiger partial charge in [0.1, 0.15) is 11.5 Å². The van der Waals surface area contributed by atoms with E-state index in [9.17, 15) is 9.59 Å². The molecule has 3 aromatic rings. The number of nitrogens with zero attached hydrogens (tertiary/aromatic N) is 2. The van der Waals surface area contributed by atoms with E-state index >= 15 is 0 Å². The SMILES string of the molecule is CCOc1ccc(OCC)c(NC(=O)CN2CCC(n3c(=O)[nH]c4ccccc43)CC2)c1. The van der Waals surface area contributed by atoms with Crippen LogP contribution in [0.15, 0.2) is 47.3 Å². The lowest BCUT2D eigenvalue weighted by Crippen LogP contribution is -2.41. The Morgan fingerprint density at radius 2 is 1.84 bits per heavy atom. The average molecular weight is 439 g/mol. The number of rotatable bonds is 8. The molecule has 0 bridgehead atoms. The first kappa shape index (κ1) is 22.0. The van der Waals surface area contributed by atoms with Crippen LogP contribution < -0.4 is 20.5 Å². The Labute approximate surface area is 187 Å². The van der Waals surface area contributed by atoms with Gasteiger partial charge in [-0.25, -0.2) is 4.79 Å². The molecule has 8 nitrogen and oxygen atoms in total. The summed E-state index contributed by atoms with van der Waals surface area (Å²) < 4.78 is 13.1. The number of ether oxygens (including phenoxy) is 2. The van der Waals surface area contributed by atoms with Crippen molar-refractivity contribution in [1.82, 2.24) is 14.5 Å². The third-order valence-corrected chi connectivity index (χ3v) is 5.75. The lowest BCUT2D eigenvalue weighted by molar-refractivity contribution is -0.117. The fourth-order valence-corrected chi connectivity index (χ4v) is 4.31. The lowest BCUT2D eigenvalue weighted by atomic mass is 10.0. The third kappa shape index (κ3) is 4.80. The van der Waals surface area contributed by atoms with Crippen molar-refractivity contribution < 1.29 is 14.3 Å². The molecule has 0 radical (unpaired) electrons. The topological polar surface area (TPSA) is 88.6 Å². The van der Waals surface area contributed by atoms with Crippen molar-refractivity contribution in [1.29, 1.82) is 0 Å². The fourth-order valence-electron chi connectivity index (χ4n) is 4.31. The summed E-state index contributed by atoms with van der Waals surface area (Å²) in [5.41, 5.74) is 2.34. The number of piperidine rings is 1. The van der Waals surface area contributed by atoms with Gasteiger partial charge >= 0.3 is 5.69 Å². The molecule has 2 heterocycles. The van der Waals surface area contributed by atoms with Crippen molar-refractivity contribution in [3.63, 3.8) is 0 Å². The normalized spacial score (nSPS) is 15.1. The minimum absolute atomic E-state index is 0.0694. The van der Waals surface area contributed by atoms with Crippen molar-refractivity contribution in [2.24, 2.45) is 0 Å². The molecule has 2 aromatic carbocycles. The van der Waals surface area contributed by atoms with Crippen LogP contribution in [0.5, 0.6) is 11.5 Å². The maximum atomic E-state index is 12.7. The summed E-state index contributed by atoms with van der Waals surface area (Å²) in [6.07, 6.45) is 1.64. The number of hydrogen-bond acceptors (Lipinski definition) is 5. The molecule has 1 aliphatic rings. The molecule has 1 saturated heterocycles. The van der Waals surface area contributed by atoms with Crippen LogP contribution in [0.1, 0.15) is 32.7 Å². The summed E-state index contributed by atoms with van der Waals surface area (Å²) in [6.45, 7) is 6.68. The van der Waals surface area contributed by atoms with Gasteiger partial charge in [0.05, 0.1) is 36.5 Å². The Morgan fingerprint density at radius 1 is 1.09 bits per heavy atom. The Morgan fingerprint density at radius 3 is 2.59 bits per heavy atom. The summed E-state index contributed by atoms with van der Waals surface area (Å²) in [7, 11) is 0. The second-order valence-corrected chi connectivity index (χ2v) is 7.90. The van der Waals surface area contributed by atoms with E-state index in [4.69, 9.17) is 9.47 Å². The van der Waals surface area contributed by atoms with Crippen molar-refractivity contribution in [2.75, 3.05) is 38.2 Å². The largest absolute Gasteiger partial charge is 0.494 e. The monoisotopic (exact) mass is 438 g/mol. The molecule has 0 saturated carbocycles. The number of anilines is 1. The van der Waals surface area contributed by atoms with Gasteiger partial charge in [0, 0.05) is 25.2 Å². The van der Waals surface area contributed by atoms with E-state index in [0.717, 1.165) is 37.0 Å². The van der Waals surface area contributed by atoms with E-state index in [1.54, 1.807) is 6.07 Å². The van der Waals surface area contributed by atoms with Gasteiger partial charge in [-0.3, -0.25) is 14.3 Å². The van der Waals surface area contributed by atoms with Gasteiger partial charge in [-0.05, 0) is 51.0 Å². The molecule has 0 atom stereocenters. The van der Waals surface area contributed by atoms with Gasteiger partial charge in [-0.1, -0.05) is 12.1 Å². The predicted octanol–water partition coefficient (Wildman–Crippen LogP) is 3.40. The van der Waals surface area contributed by atoms with Gasteiger partial charge in [0.25, 0.3) is 0 Å². The Hall–Kier alpha value is -3.26. The van der Waals surface area contributed by atoms with E-state index in [2.05, 4.69) is 15.2 Å². The molecule has 8 heteroatoms. The summed E-state index contributed by atoms with van der Waals surface area (Å²) in [4.78, 5) is 30.3. The van der Waals surface area contributed by atoms with E-state index in [1.165, 1.54) is 0 Å². The van der Waals surface area contributed by atoms with Gasteiger partial charge in [-0.2, -0.15) is 0 Å². The summed E-state index contributed by atoms with van der Waals surface area (Å²) in [5.74, 6) is 1.22. The van der Waals surface area contributed by atoms with Crippen LogP contribution in [-0.2, 0) is 4.79 Å². The number of carbonyl (C=O) groups is 1. The van der Waals surface area contributed by atoms with Crippen LogP contribution >= 0.6 is 0 Å². The number of imidazole rings is 1. The molecule has 1 fully saturated rings. The molecular formula is C24H30N4O4. The number of para-hydroxylation sites is 2. The average Bonchev–Trinajstić information content (AvgIpc) is 3.12. The molecule has 32 heavy (non-hydrogen) atoms. The zero-order valence-corrected chi connectivity index (χ0v) is 18.6. The quantitative estimate of drug-likeness (QED) is 0.563. The number of carbonyl (C=O) groups excluding carboxylic acids is 1. The second kappa shape index (κ2) is 9.91. The highest BCUT2D eigenvalue weighted by Gasteiger charge is 2.25. The van der Waals surface area contributed by atoms with Crippen LogP contribution in [0.25, 0.3) is 11.0 Å². The highest BCUT2D eigenvalue weighted by atomic mass is 16.5. The maximum Gasteiger partial charge on any atom is 0.326 e.